The summed E-state index contributed by atoms with van der Waals surface area (Å²) >= 11 is 0. The van der Waals surface area contributed by atoms with Gasteiger partial charge in [-0.2, -0.15) is 0 Å². The van der Waals surface area contributed by atoms with Crippen LogP contribution in [0.1, 0.15) is 22.0 Å². The first-order valence-corrected chi connectivity index (χ1v) is 5.27. The van der Waals surface area contributed by atoms with E-state index in [4.69, 9.17) is 4.74 Å². The third kappa shape index (κ3) is 3.26. The highest BCUT2D eigenvalue weighted by molar-refractivity contribution is 5.75. The van der Waals surface area contributed by atoms with Crippen LogP contribution in [-0.2, 0) is 0 Å². The number of rotatable bonds is 6. The predicted molar refractivity (Wildman–Crippen MR) is 63.3 cm³/mol. The zero-order valence-electron chi connectivity index (χ0n) is 9.88. The summed E-state index contributed by atoms with van der Waals surface area (Å²) in [5.41, 5.74) is 0.830. The smallest absolute Gasteiger partial charge is 0.150 e. The Hall–Kier alpha value is -1.43. The Morgan fingerprint density at radius 2 is 2.18 bits per heavy atom. The fourth-order valence-corrected chi connectivity index (χ4v) is 1.59. The van der Waals surface area contributed by atoms with Crippen molar-refractivity contribution in [2.45, 2.75) is 12.2 Å². The maximum absolute atomic E-state index is 10.7. The van der Waals surface area contributed by atoms with Crippen LogP contribution in [0.25, 0.3) is 0 Å². The number of methoxy groups -OCH3 is 1. The van der Waals surface area contributed by atoms with Gasteiger partial charge in [0.05, 0.1) is 13.2 Å². The van der Waals surface area contributed by atoms with Crippen LogP contribution in [0.2, 0.25) is 0 Å². The molecule has 5 heteroatoms. The fourth-order valence-electron chi connectivity index (χ4n) is 1.59. The lowest BCUT2D eigenvalue weighted by molar-refractivity contribution is 0.0188. The van der Waals surface area contributed by atoms with Gasteiger partial charge in [0.25, 0.3) is 0 Å². The molecule has 0 aliphatic carbocycles. The zero-order valence-corrected chi connectivity index (χ0v) is 9.88. The van der Waals surface area contributed by atoms with Crippen LogP contribution in [0.5, 0.6) is 5.75 Å². The Bertz CT molecular complexity index is 381. The molecule has 0 radical (unpaired) electrons. The Balaban J connectivity index is 3.04. The molecule has 3 N–H and O–H groups in total. The van der Waals surface area contributed by atoms with Gasteiger partial charge in [0, 0.05) is 17.7 Å². The number of likely N-dealkylation sites (N-methyl/N-ethyl adjacent to an activating group) is 1. The minimum Gasteiger partial charge on any atom is -0.496 e. The lowest BCUT2D eigenvalue weighted by atomic mass is 10.0. The van der Waals surface area contributed by atoms with Crippen molar-refractivity contribution in [1.29, 1.82) is 0 Å². The highest BCUT2D eigenvalue weighted by Gasteiger charge is 2.21. The molecule has 0 aliphatic rings. The molecule has 0 saturated carbocycles. The number of ether oxygens (including phenoxy) is 1. The maximum Gasteiger partial charge on any atom is 0.150 e. The molecule has 0 bridgehead atoms. The van der Waals surface area contributed by atoms with E-state index in [0.29, 0.717) is 23.2 Å². The normalized spacial score (nSPS) is 14.1. The molecular formula is C12H17NO4. The quantitative estimate of drug-likeness (QED) is 0.615. The summed E-state index contributed by atoms with van der Waals surface area (Å²) in [6.45, 7) is 0.246. The van der Waals surface area contributed by atoms with Crippen LogP contribution in [-0.4, -0.2) is 43.3 Å². The average molecular weight is 239 g/mol. The number of benzene rings is 1. The summed E-state index contributed by atoms with van der Waals surface area (Å²) in [5, 5.41) is 22.4. The van der Waals surface area contributed by atoms with Gasteiger partial charge in [0.1, 0.15) is 18.1 Å². The Morgan fingerprint density at radius 3 is 2.71 bits per heavy atom. The van der Waals surface area contributed by atoms with Crippen molar-refractivity contribution in [3.05, 3.63) is 29.3 Å². The molecule has 1 rings (SSSR count). The number of aliphatic hydroxyl groups excluding tert-OH is 2. The van der Waals surface area contributed by atoms with E-state index in [1.54, 1.807) is 19.2 Å². The monoisotopic (exact) mass is 239 g/mol. The van der Waals surface area contributed by atoms with E-state index in [-0.39, 0.29) is 6.54 Å². The number of hydrogen-bond donors (Lipinski definition) is 3. The molecule has 17 heavy (non-hydrogen) atoms. The summed E-state index contributed by atoms with van der Waals surface area (Å²) in [7, 11) is 3.14. The first-order chi connectivity index (χ1) is 8.13. The largest absolute Gasteiger partial charge is 0.496 e. The van der Waals surface area contributed by atoms with Crippen molar-refractivity contribution in [1.82, 2.24) is 5.32 Å². The second kappa shape index (κ2) is 6.34. The molecule has 2 atom stereocenters. The highest BCUT2D eigenvalue weighted by Crippen LogP contribution is 2.27. The molecule has 1 aromatic carbocycles. The number of aliphatic hydroxyl groups is 2. The fraction of sp³-hybridized carbons (Fsp3) is 0.417. The second-order valence-corrected chi connectivity index (χ2v) is 3.69. The van der Waals surface area contributed by atoms with Crippen LogP contribution in [0.3, 0.4) is 0 Å². The van der Waals surface area contributed by atoms with Gasteiger partial charge in [-0.05, 0) is 25.2 Å². The third-order valence-electron chi connectivity index (χ3n) is 2.49. The van der Waals surface area contributed by atoms with E-state index in [9.17, 15) is 15.0 Å². The maximum atomic E-state index is 10.7. The minimum atomic E-state index is -1.10. The molecule has 0 heterocycles. The van der Waals surface area contributed by atoms with E-state index in [1.807, 2.05) is 0 Å². The third-order valence-corrected chi connectivity index (χ3v) is 2.49. The molecule has 0 spiro atoms. The highest BCUT2D eigenvalue weighted by atomic mass is 16.5. The lowest BCUT2D eigenvalue weighted by Gasteiger charge is -2.20. The number of aldehydes is 1. The van der Waals surface area contributed by atoms with Crippen LogP contribution in [0.4, 0.5) is 0 Å². The zero-order chi connectivity index (χ0) is 12.8. The standard InChI is InChI=1S/C12H17NO4/c1-13-6-10(15)12(16)9-5-8(7-14)3-4-11(9)17-2/h3-5,7,10,12-13,15-16H,6H2,1-2H3. The first-order valence-electron chi connectivity index (χ1n) is 5.27. The molecule has 0 aliphatic heterocycles. The van der Waals surface area contributed by atoms with Gasteiger partial charge in [-0.1, -0.05) is 0 Å². The molecule has 1 aromatic rings. The topological polar surface area (TPSA) is 78.8 Å². The molecule has 0 amide bonds. The van der Waals surface area contributed by atoms with Gasteiger partial charge in [-0.15, -0.1) is 0 Å². The molecule has 5 nitrogen and oxygen atoms in total. The van der Waals surface area contributed by atoms with Gasteiger partial charge >= 0.3 is 0 Å². The number of hydrogen-bond acceptors (Lipinski definition) is 5. The van der Waals surface area contributed by atoms with Gasteiger partial charge < -0.3 is 20.3 Å². The van der Waals surface area contributed by atoms with Crippen LogP contribution >= 0.6 is 0 Å². The molecule has 0 saturated heterocycles. The summed E-state index contributed by atoms with van der Waals surface area (Å²) < 4.78 is 5.09. The first kappa shape index (κ1) is 13.6. The number of carbonyl (C=O) groups is 1. The predicted octanol–water partition coefficient (Wildman–Crippen LogP) is 0.121. The SMILES string of the molecule is CNCC(O)C(O)c1cc(C=O)ccc1OC. The van der Waals surface area contributed by atoms with E-state index in [2.05, 4.69) is 5.32 Å². The summed E-state index contributed by atoms with van der Waals surface area (Å²) in [4.78, 5) is 10.7. The number of carbonyl (C=O) groups excluding carboxylic acids is 1. The number of nitrogens with one attached hydrogen (secondary N) is 1. The van der Waals surface area contributed by atoms with Crippen LogP contribution in [0, 0.1) is 0 Å². The van der Waals surface area contributed by atoms with Gasteiger partial charge in [0.2, 0.25) is 0 Å². The van der Waals surface area contributed by atoms with Crippen molar-refractivity contribution < 1.29 is 19.7 Å². The van der Waals surface area contributed by atoms with Crippen molar-refractivity contribution >= 4 is 6.29 Å². The second-order valence-electron chi connectivity index (χ2n) is 3.69. The van der Waals surface area contributed by atoms with Crippen LogP contribution < -0.4 is 10.1 Å². The molecule has 94 valence electrons. The molecule has 0 aromatic heterocycles. The van der Waals surface area contributed by atoms with Crippen molar-refractivity contribution in [2.24, 2.45) is 0 Å². The van der Waals surface area contributed by atoms with Crippen molar-refractivity contribution in [2.75, 3.05) is 20.7 Å². The average Bonchev–Trinajstić information content (AvgIpc) is 2.37. The molecular weight excluding hydrogens is 222 g/mol. The summed E-state index contributed by atoms with van der Waals surface area (Å²) in [5.74, 6) is 0.443. The minimum absolute atomic E-state index is 0.246. The lowest BCUT2D eigenvalue weighted by Crippen LogP contribution is -2.29. The van der Waals surface area contributed by atoms with Gasteiger partial charge in [0.15, 0.2) is 0 Å². The van der Waals surface area contributed by atoms with E-state index >= 15 is 0 Å². The summed E-state index contributed by atoms with van der Waals surface area (Å²) in [6, 6.07) is 4.69. The van der Waals surface area contributed by atoms with Gasteiger partial charge in [-0.25, -0.2) is 0 Å². The van der Waals surface area contributed by atoms with E-state index < -0.39 is 12.2 Å². The summed E-state index contributed by atoms with van der Waals surface area (Å²) in [6.07, 6.45) is -1.38. The molecule has 2 unspecified atom stereocenters. The Kier molecular flexibility index (Phi) is 5.09. The van der Waals surface area contributed by atoms with E-state index in [1.165, 1.54) is 13.2 Å². The van der Waals surface area contributed by atoms with Gasteiger partial charge in [-0.3, -0.25) is 4.79 Å². The van der Waals surface area contributed by atoms with Crippen LogP contribution in [0.15, 0.2) is 18.2 Å². The Morgan fingerprint density at radius 1 is 1.47 bits per heavy atom. The van der Waals surface area contributed by atoms with Crippen molar-refractivity contribution in [3.63, 3.8) is 0 Å². The van der Waals surface area contributed by atoms with Crippen molar-refractivity contribution in [3.8, 4) is 5.75 Å². The molecule has 0 fully saturated rings. The van der Waals surface area contributed by atoms with E-state index in [0.717, 1.165) is 0 Å². The Labute approximate surface area is 100 Å².